The van der Waals surface area contributed by atoms with Crippen molar-refractivity contribution in [1.82, 2.24) is 5.32 Å². The van der Waals surface area contributed by atoms with Gasteiger partial charge < -0.3 is 23.9 Å². The van der Waals surface area contributed by atoms with Crippen LogP contribution in [0.1, 0.15) is 33.6 Å². The molecule has 2 heterocycles. The van der Waals surface area contributed by atoms with Crippen molar-refractivity contribution in [3.05, 3.63) is 65.2 Å². The summed E-state index contributed by atoms with van der Waals surface area (Å²) in [7, 11) is 2.86. The van der Waals surface area contributed by atoms with E-state index in [1.807, 2.05) is 12.1 Å². The lowest BCUT2D eigenvalue weighted by atomic mass is 10.1. The SMILES string of the molecule is COC(=O)c1cccc(N=c2oc3c(OC)cccc3cc2C(=O)NC[C@@H]2CCCO2)c1. The van der Waals surface area contributed by atoms with Crippen LogP contribution in [0.4, 0.5) is 5.69 Å². The number of hydrogen-bond acceptors (Lipinski definition) is 7. The second kappa shape index (κ2) is 9.65. The van der Waals surface area contributed by atoms with Crippen molar-refractivity contribution in [1.29, 1.82) is 0 Å². The zero-order valence-electron chi connectivity index (χ0n) is 17.9. The number of amides is 1. The van der Waals surface area contributed by atoms with E-state index < -0.39 is 5.97 Å². The lowest BCUT2D eigenvalue weighted by molar-refractivity contribution is 0.0600. The number of rotatable bonds is 6. The number of hydrogen-bond donors (Lipinski definition) is 1. The minimum atomic E-state index is -0.478. The molecule has 1 aliphatic heterocycles. The summed E-state index contributed by atoms with van der Waals surface area (Å²) in [6.07, 6.45) is 1.91. The van der Waals surface area contributed by atoms with E-state index in [0.717, 1.165) is 12.8 Å². The maximum Gasteiger partial charge on any atom is 0.337 e. The number of carbonyl (C=O) groups is 2. The third-order valence-corrected chi connectivity index (χ3v) is 5.22. The maximum absolute atomic E-state index is 13.0. The van der Waals surface area contributed by atoms with Gasteiger partial charge in [0.25, 0.3) is 5.91 Å². The number of nitrogens with zero attached hydrogens (tertiary/aromatic N) is 1. The summed E-state index contributed by atoms with van der Waals surface area (Å²) < 4.78 is 21.8. The molecule has 4 rings (SSSR count). The van der Waals surface area contributed by atoms with Gasteiger partial charge in [-0.2, -0.15) is 0 Å². The number of esters is 1. The minimum absolute atomic E-state index is 0.00793. The van der Waals surface area contributed by atoms with Crippen LogP contribution in [0.3, 0.4) is 0 Å². The Bertz CT molecular complexity index is 1210. The van der Waals surface area contributed by atoms with E-state index >= 15 is 0 Å². The predicted molar refractivity (Wildman–Crippen MR) is 117 cm³/mol. The topological polar surface area (TPSA) is 99.4 Å². The monoisotopic (exact) mass is 436 g/mol. The van der Waals surface area contributed by atoms with Crippen molar-refractivity contribution in [2.45, 2.75) is 18.9 Å². The number of carbonyl (C=O) groups excluding carboxylic acids is 2. The smallest absolute Gasteiger partial charge is 0.337 e. The summed E-state index contributed by atoms with van der Waals surface area (Å²) >= 11 is 0. The minimum Gasteiger partial charge on any atom is -0.493 e. The van der Waals surface area contributed by atoms with E-state index in [9.17, 15) is 9.59 Å². The number of para-hydroxylation sites is 1. The number of nitrogens with one attached hydrogen (secondary N) is 1. The van der Waals surface area contributed by atoms with Gasteiger partial charge in [0.2, 0.25) is 5.55 Å². The average molecular weight is 436 g/mol. The fourth-order valence-electron chi connectivity index (χ4n) is 3.58. The molecule has 1 fully saturated rings. The summed E-state index contributed by atoms with van der Waals surface area (Å²) in [6, 6.07) is 13.7. The summed E-state index contributed by atoms with van der Waals surface area (Å²) in [5.74, 6) is -0.279. The lowest BCUT2D eigenvalue weighted by Crippen LogP contribution is -2.34. The number of benzene rings is 2. The van der Waals surface area contributed by atoms with E-state index in [4.69, 9.17) is 18.6 Å². The van der Waals surface area contributed by atoms with Crippen LogP contribution in [0.15, 0.2) is 57.9 Å². The van der Waals surface area contributed by atoms with Gasteiger partial charge in [-0.25, -0.2) is 9.79 Å². The fraction of sp³-hybridized carbons (Fsp3) is 0.292. The Balaban J connectivity index is 1.79. The van der Waals surface area contributed by atoms with Gasteiger partial charge in [-0.15, -0.1) is 0 Å². The summed E-state index contributed by atoms with van der Waals surface area (Å²) in [5, 5.41) is 3.61. The molecule has 8 heteroatoms. The van der Waals surface area contributed by atoms with Crippen molar-refractivity contribution < 1.29 is 28.2 Å². The Morgan fingerprint density at radius 2 is 2.00 bits per heavy atom. The number of ether oxygens (including phenoxy) is 3. The van der Waals surface area contributed by atoms with Crippen LogP contribution in [-0.2, 0) is 9.47 Å². The normalized spacial score (nSPS) is 16.2. The molecule has 2 aromatic carbocycles. The molecule has 1 atom stereocenters. The Hall–Kier alpha value is -3.65. The second-order valence-corrected chi connectivity index (χ2v) is 7.34. The second-order valence-electron chi connectivity index (χ2n) is 7.34. The molecule has 1 N–H and O–H groups in total. The van der Waals surface area contributed by atoms with Crippen LogP contribution < -0.4 is 15.6 Å². The maximum atomic E-state index is 13.0. The van der Waals surface area contributed by atoms with Crippen LogP contribution in [0, 0.1) is 0 Å². The van der Waals surface area contributed by atoms with Gasteiger partial charge in [-0.3, -0.25) is 4.79 Å². The molecule has 0 unspecified atom stereocenters. The van der Waals surface area contributed by atoms with Gasteiger partial charge in [0.15, 0.2) is 11.3 Å². The molecule has 0 radical (unpaired) electrons. The van der Waals surface area contributed by atoms with Crippen molar-refractivity contribution in [2.24, 2.45) is 4.99 Å². The third kappa shape index (κ3) is 4.65. The zero-order valence-corrected chi connectivity index (χ0v) is 17.9. The van der Waals surface area contributed by atoms with Crippen LogP contribution in [-0.4, -0.2) is 45.4 Å². The van der Waals surface area contributed by atoms with Gasteiger partial charge in [0.05, 0.1) is 31.6 Å². The van der Waals surface area contributed by atoms with E-state index in [2.05, 4.69) is 10.3 Å². The molecular weight excluding hydrogens is 412 g/mol. The molecule has 0 bridgehead atoms. The van der Waals surface area contributed by atoms with E-state index in [0.29, 0.717) is 41.1 Å². The standard InChI is InChI=1S/C24H24N2O6/c1-29-20-10-4-6-15-13-19(22(27)25-14-18-9-5-11-31-18)23(32-21(15)20)26-17-8-3-7-16(12-17)24(28)30-2/h3-4,6-8,10,12-13,18H,5,9,11,14H2,1-2H3,(H,25,27)/t18-/m0/s1. The summed E-state index contributed by atoms with van der Waals surface area (Å²) in [5.41, 5.74) is 1.63. The average Bonchev–Trinajstić information content (AvgIpc) is 3.35. The molecule has 0 spiro atoms. The predicted octanol–water partition coefficient (Wildman–Crippen LogP) is 3.37. The van der Waals surface area contributed by atoms with E-state index in [1.165, 1.54) is 7.11 Å². The molecule has 0 saturated carbocycles. The highest BCUT2D eigenvalue weighted by Crippen LogP contribution is 2.25. The summed E-state index contributed by atoms with van der Waals surface area (Å²) in [4.78, 5) is 29.4. The summed E-state index contributed by atoms with van der Waals surface area (Å²) in [6.45, 7) is 1.12. The molecule has 1 amide bonds. The van der Waals surface area contributed by atoms with Gasteiger partial charge in [-0.1, -0.05) is 18.2 Å². The highest BCUT2D eigenvalue weighted by Gasteiger charge is 2.19. The molecule has 8 nitrogen and oxygen atoms in total. The van der Waals surface area contributed by atoms with Crippen molar-refractivity contribution >= 4 is 28.5 Å². The largest absolute Gasteiger partial charge is 0.493 e. The van der Waals surface area contributed by atoms with Gasteiger partial charge in [-0.05, 0) is 43.2 Å². The van der Waals surface area contributed by atoms with Crippen LogP contribution >= 0.6 is 0 Å². The molecule has 1 aromatic heterocycles. The molecular formula is C24H24N2O6. The number of fused-ring (bicyclic) bond motifs is 1. The molecule has 1 aliphatic rings. The zero-order chi connectivity index (χ0) is 22.5. The molecule has 166 valence electrons. The van der Waals surface area contributed by atoms with Crippen molar-refractivity contribution in [3.63, 3.8) is 0 Å². The third-order valence-electron chi connectivity index (χ3n) is 5.22. The van der Waals surface area contributed by atoms with E-state index in [1.54, 1.807) is 43.5 Å². The Labute approximate surface area is 184 Å². The first kappa shape index (κ1) is 21.6. The van der Waals surface area contributed by atoms with Gasteiger partial charge >= 0.3 is 5.97 Å². The lowest BCUT2D eigenvalue weighted by Gasteiger charge is -2.12. The van der Waals surface area contributed by atoms with E-state index in [-0.39, 0.29) is 23.1 Å². The molecule has 1 saturated heterocycles. The van der Waals surface area contributed by atoms with Gasteiger partial charge in [0.1, 0.15) is 5.56 Å². The van der Waals surface area contributed by atoms with Gasteiger partial charge in [0, 0.05) is 18.5 Å². The van der Waals surface area contributed by atoms with Crippen molar-refractivity contribution in [2.75, 3.05) is 27.4 Å². The first-order chi connectivity index (χ1) is 15.6. The fourth-order valence-corrected chi connectivity index (χ4v) is 3.58. The number of methoxy groups -OCH3 is 2. The van der Waals surface area contributed by atoms with Crippen LogP contribution in [0.25, 0.3) is 11.0 Å². The van der Waals surface area contributed by atoms with Crippen molar-refractivity contribution in [3.8, 4) is 5.75 Å². The highest BCUT2D eigenvalue weighted by atomic mass is 16.5. The van der Waals surface area contributed by atoms with Crippen LogP contribution in [0.5, 0.6) is 5.75 Å². The Morgan fingerprint density at radius 3 is 2.75 bits per heavy atom. The first-order valence-electron chi connectivity index (χ1n) is 10.3. The Morgan fingerprint density at radius 1 is 1.16 bits per heavy atom. The first-order valence-corrected chi connectivity index (χ1v) is 10.3. The quantitative estimate of drug-likeness (QED) is 0.595. The molecule has 32 heavy (non-hydrogen) atoms. The van der Waals surface area contributed by atoms with Crippen LogP contribution in [0.2, 0.25) is 0 Å². The molecule has 0 aliphatic carbocycles. The highest BCUT2D eigenvalue weighted by molar-refractivity contribution is 5.97. The molecule has 3 aromatic rings. The Kier molecular flexibility index (Phi) is 6.51.